The molecule has 0 aromatic heterocycles. The molecule has 0 aliphatic rings. The Morgan fingerprint density at radius 3 is 2.35 bits per heavy atom. The van der Waals surface area contributed by atoms with Gasteiger partial charge in [-0.3, -0.25) is 4.79 Å². The highest BCUT2D eigenvalue weighted by atomic mass is 16.5. The molecule has 20 heavy (non-hydrogen) atoms. The van der Waals surface area contributed by atoms with E-state index in [9.17, 15) is 4.79 Å². The molecule has 0 saturated heterocycles. The standard InChI is InChI=1S/C17H26O3/c1-11(2)15-10-14(7-8-17(18)19-6)13(5)9-16(15)20-12(3)4/h9-12H,7-8H2,1-6H3. The minimum absolute atomic E-state index is 0.160. The molecule has 0 heterocycles. The van der Waals surface area contributed by atoms with Crippen LogP contribution in [0.5, 0.6) is 5.75 Å². The van der Waals surface area contributed by atoms with Gasteiger partial charge in [-0.2, -0.15) is 0 Å². The zero-order valence-electron chi connectivity index (χ0n) is 13.4. The lowest BCUT2D eigenvalue weighted by Gasteiger charge is -2.19. The molecule has 0 bridgehead atoms. The third kappa shape index (κ3) is 4.55. The lowest BCUT2D eigenvalue weighted by molar-refractivity contribution is -0.140. The monoisotopic (exact) mass is 278 g/mol. The van der Waals surface area contributed by atoms with Gasteiger partial charge in [-0.05, 0) is 55.9 Å². The summed E-state index contributed by atoms with van der Waals surface area (Å²) in [6, 6.07) is 4.25. The first-order valence-electron chi connectivity index (χ1n) is 7.22. The van der Waals surface area contributed by atoms with Gasteiger partial charge in [0.2, 0.25) is 0 Å². The normalized spacial score (nSPS) is 11.0. The summed E-state index contributed by atoms with van der Waals surface area (Å²) >= 11 is 0. The number of hydrogen-bond acceptors (Lipinski definition) is 3. The van der Waals surface area contributed by atoms with Gasteiger partial charge >= 0.3 is 5.97 Å². The van der Waals surface area contributed by atoms with Crippen molar-refractivity contribution >= 4 is 5.97 Å². The summed E-state index contributed by atoms with van der Waals surface area (Å²) in [6.45, 7) is 10.4. The van der Waals surface area contributed by atoms with Gasteiger partial charge in [0.1, 0.15) is 5.75 Å². The van der Waals surface area contributed by atoms with E-state index in [1.165, 1.54) is 18.2 Å². The van der Waals surface area contributed by atoms with Crippen LogP contribution >= 0.6 is 0 Å². The fraction of sp³-hybridized carbons (Fsp3) is 0.588. The molecule has 0 atom stereocenters. The predicted octanol–water partition coefficient (Wildman–Crippen LogP) is 4.01. The van der Waals surface area contributed by atoms with Gasteiger partial charge in [0.15, 0.2) is 0 Å². The minimum atomic E-state index is -0.169. The second-order valence-corrected chi connectivity index (χ2v) is 5.71. The van der Waals surface area contributed by atoms with Crippen LogP contribution in [-0.2, 0) is 16.0 Å². The molecule has 0 N–H and O–H groups in total. The number of benzene rings is 1. The van der Waals surface area contributed by atoms with Crippen molar-refractivity contribution in [1.29, 1.82) is 0 Å². The van der Waals surface area contributed by atoms with Crippen molar-refractivity contribution in [2.45, 2.75) is 59.5 Å². The van der Waals surface area contributed by atoms with E-state index in [4.69, 9.17) is 9.47 Å². The molecule has 0 saturated carbocycles. The maximum atomic E-state index is 11.3. The largest absolute Gasteiger partial charge is 0.491 e. The van der Waals surface area contributed by atoms with Gasteiger partial charge < -0.3 is 9.47 Å². The Labute approximate surface area is 122 Å². The van der Waals surface area contributed by atoms with Crippen LogP contribution in [0.25, 0.3) is 0 Å². The Balaban J connectivity index is 3.03. The Bertz CT molecular complexity index is 462. The molecule has 0 fully saturated rings. The average molecular weight is 278 g/mol. The maximum Gasteiger partial charge on any atom is 0.305 e. The van der Waals surface area contributed by atoms with Crippen molar-refractivity contribution in [2.75, 3.05) is 7.11 Å². The predicted molar refractivity (Wildman–Crippen MR) is 81.4 cm³/mol. The second kappa shape index (κ2) is 7.32. The van der Waals surface area contributed by atoms with Crippen LogP contribution in [0.4, 0.5) is 0 Å². The summed E-state index contributed by atoms with van der Waals surface area (Å²) in [5, 5.41) is 0. The molecule has 3 heteroatoms. The highest BCUT2D eigenvalue weighted by Gasteiger charge is 2.13. The van der Waals surface area contributed by atoms with Crippen molar-refractivity contribution in [3.05, 3.63) is 28.8 Å². The van der Waals surface area contributed by atoms with Gasteiger partial charge in [0.25, 0.3) is 0 Å². The number of esters is 1. The first kappa shape index (κ1) is 16.5. The van der Waals surface area contributed by atoms with Crippen LogP contribution in [0.15, 0.2) is 12.1 Å². The summed E-state index contributed by atoms with van der Waals surface area (Å²) < 4.78 is 10.6. The molecule has 0 aliphatic carbocycles. The number of hydrogen-bond donors (Lipinski definition) is 0. The zero-order valence-corrected chi connectivity index (χ0v) is 13.4. The molecule has 0 spiro atoms. The van der Waals surface area contributed by atoms with E-state index in [0.29, 0.717) is 18.8 Å². The summed E-state index contributed by atoms with van der Waals surface area (Å²) in [7, 11) is 1.42. The number of carbonyl (C=O) groups excluding carboxylic acids is 1. The van der Waals surface area contributed by atoms with Crippen molar-refractivity contribution in [2.24, 2.45) is 0 Å². The SMILES string of the molecule is COC(=O)CCc1cc(C(C)C)c(OC(C)C)cc1C. The molecule has 3 nitrogen and oxygen atoms in total. The van der Waals surface area contributed by atoms with E-state index >= 15 is 0 Å². The Morgan fingerprint density at radius 1 is 1.20 bits per heavy atom. The third-order valence-electron chi connectivity index (χ3n) is 3.28. The lowest BCUT2D eigenvalue weighted by atomic mass is 9.94. The van der Waals surface area contributed by atoms with Crippen molar-refractivity contribution in [1.82, 2.24) is 0 Å². The first-order valence-corrected chi connectivity index (χ1v) is 7.22. The molecule has 1 aromatic rings. The summed E-state index contributed by atoms with van der Waals surface area (Å²) in [4.78, 5) is 11.3. The first-order chi connectivity index (χ1) is 9.35. The average Bonchev–Trinajstić information content (AvgIpc) is 2.36. The van der Waals surface area contributed by atoms with Gasteiger partial charge in [-0.15, -0.1) is 0 Å². The molecule has 1 rings (SSSR count). The smallest absolute Gasteiger partial charge is 0.305 e. The number of carbonyl (C=O) groups is 1. The minimum Gasteiger partial charge on any atom is -0.491 e. The maximum absolute atomic E-state index is 11.3. The number of rotatable bonds is 6. The second-order valence-electron chi connectivity index (χ2n) is 5.71. The molecule has 0 amide bonds. The van der Waals surface area contributed by atoms with E-state index < -0.39 is 0 Å². The highest BCUT2D eigenvalue weighted by Crippen LogP contribution is 2.31. The molecular formula is C17H26O3. The summed E-state index contributed by atoms with van der Waals surface area (Å²) in [5.74, 6) is 1.17. The lowest BCUT2D eigenvalue weighted by Crippen LogP contribution is -2.10. The van der Waals surface area contributed by atoms with Gasteiger partial charge in [-0.1, -0.05) is 19.9 Å². The van der Waals surface area contributed by atoms with Crippen molar-refractivity contribution in [3.63, 3.8) is 0 Å². The molecule has 0 unspecified atom stereocenters. The highest BCUT2D eigenvalue weighted by molar-refractivity contribution is 5.69. The number of methoxy groups -OCH3 is 1. The van der Waals surface area contributed by atoms with E-state index in [1.54, 1.807) is 0 Å². The topological polar surface area (TPSA) is 35.5 Å². The molecule has 112 valence electrons. The Morgan fingerprint density at radius 2 is 1.85 bits per heavy atom. The molecule has 0 radical (unpaired) electrons. The van der Waals surface area contributed by atoms with E-state index in [-0.39, 0.29) is 12.1 Å². The number of ether oxygens (including phenoxy) is 2. The van der Waals surface area contributed by atoms with Crippen molar-refractivity contribution < 1.29 is 14.3 Å². The van der Waals surface area contributed by atoms with Crippen molar-refractivity contribution in [3.8, 4) is 5.75 Å². The molecular weight excluding hydrogens is 252 g/mol. The fourth-order valence-electron chi connectivity index (χ4n) is 2.16. The van der Waals surface area contributed by atoms with Crippen LogP contribution in [-0.4, -0.2) is 19.2 Å². The molecule has 0 aliphatic heterocycles. The van der Waals surface area contributed by atoms with Gasteiger partial charge in [0.05, 0.1) is 13.2 Å². The van der Waals surface area contributed by atoms with Crippen LogP contribution in [0.2, 0.25) is 0 Å². The quantitative estimate of drug-likeness (QED) is 0.737. The third-order valence-corrected chi connectivity index (χ3v) is 3.28. The van der Waals surface area contributed by atoms with Crippen LogP contribution < -0.4 is 4.74 Å². The zero-order chi connectivity index (χ0) is 15.3. The van der Waals surface area contributed by atoms with E-state index in [0.717, 1.165) is 11.3 Å². The van der Waals surface area contributed by atoms with Gasteiger partial charge in [0, 0.05) is 6.42 Å². The summed E-state index contributed by atoms with van der Waals surface area (Å²) in [6.07, 6.45) is 1.28. The molecule has 1 aromatic carbocycles. The Hall–Kier alpha value is -1.51. The fourth-order valence-corrected chi connectivity index (χ4v) is 2.16. The van der Waals surface area contributed by atoms with Crippen LogP contribution in [0.1, 0.15) is 56.7 Å². The summed E-state index contributed by atoms with van der Waals surface area (Å²) in [5.41, 5.74) is 3.55. The Kier molecular flexibility index (Phi) is 6.05. The number of aryl methyl sites for hydroxylation is 2. The van der Waals surface area contributed by atoms with Gasteiger partial charge in [-0.25, -0.2) is 0 Å². The van der Waals surface area contributed by atoms with Crippen LogP contribution in [0.3, 0.4) is 0 Å². The van der Waals surface area contributed by atoms with E-state index in [1.807, 2.05) is 13.8 Å². The van der Waals surface area contributed by atoms with Crippen LogP contribution in [0, 0.1) is 6.92 Å². The van der Waals surface area contributed by atoms with E-state index in [2.05, 4.69) is 32.9 Å².